The summed E-state index contributed by atoms with van der Waals surface area (Å²) in [6.07, 6.45) is -0.692. The summed E-state index contributed by atoms with van der Waals surface area (Å²) in [6.45, 7) is 6.09. The lowest BCUT2D eigenvalue weighted by Gasteiger charge is -2.15. The zero-order chi connectivity index (χ0) is 20.3. The molecule has 0 saturated carbocycles. The van der Waals surface area contributed by atoms with Gasteiger partial charge in [-0.05, 0) is 44.5 Å². The average Bonchev–Trinajstić information content (AvgIpc) is 3.02. The second kappa shape index (κ2) is 8.95. The normalized spacial score (nSPS) is 11.9. The van der Waals surface area contributed by atoms with Gasteiger partial charge in [-0.25, -0.2) is 4.98 Å². The summed E-state index contributed by atoms with van der Waals surface area (Å²) < 4.78 is 5.66. The number of thiazole rings is 1. The first-order valence-corrected chi connectivity index (χ1v) is 10.3. The van der Waals surface area contributed by atoms with E-state index in [1.807, 2.05) is 19.1 Å². The lowest BCUT2D eigenvalue weighted by atomic mass is 10.1. The van der Waals surface area contributed by atoms with Gasteiger partial charge in [0.1, 0.15) is 10.8 Å². The molecule has 0 fully saturated rings. The molecular weight excluding hydrogens is 415 g/mol. The van der Waals surface area contributed by atoms with Gasteiger partial charge in [-0.15, -0.1) is 11.3 Å². The highest BCUT2D eigenvalue weighted by atomic mass is 35.5. The van der Waals surface area contributed by atoms with Gasteiger partial charge >= 0.3 is 0 Å². The minimum absolute atomic E-state index is 0.226. The van der Waals surface area contributed by atoms with E-state index in [0.29, 0.717) is 22.3 Å². The number of carbonyl (C=O) groups is 1. The van der Waals surface area contributed by atoms with Crippen LogP contribution in [0, 0.1) is 13.8 Å². The summed E-state index contributed by atoms with van der Waals surface area (Å²) in [5.41, 5.74) is 3.20. The molecule has 1 N–H and O–H groups in total. The van der Waals surface area contributed by atoms with Crippen molar-refractivity contribution in [2.75, 3.05) is 0 Å². The summed E-state index contributed by atoms with van der Waals surface area (Å²) >= 11 is 13.6. The van der Waals surface area contributed by atoms with Crippen molar-refractivity contribution in [3.63, 3.8) is 0 Å². The number of carbonyl (C=O) groups excluding carboxylic acids is 1. The highest BCUT2D eigenvalue weighted by molar-refractivity contribution is 7.15. The summed E-state index contributed by atoms with van der Waals surface area (Å²) in [4.78, 5) is 18.1. The third-order valence-electron chi connectivity index (χ3n) is 4.26. The van der Waals surface area contributed by atoms with Crippen molar-refractivity contribution in [1.82, 2.24) is 10.3 Å². The maximum Gasteiger partial charge on any atom is 0.261 e. The number of aryl methyl sites for hydroxylation is 2. The Hall–Kier alpha value is -2.08. The van der Waals surface area contributed by atoms with Gasteiger partial charge in [0.2, 0.25) is 0 Å². The van der Waals surface area contributed by atoms with Gasteiger partial charge in [0, 0.05) is 15.5 Å². The van der Waals surface area contributed by atoms with Crippen LogP contribution in [0.3, 0.4) is 0 Å². The lowest BCUT2D eigenvalue weighted by molar-refractivity contribution is -0.127. The quantitative estimate of drug-likeness (QED) is 0.531. The SMILES string of the molecule is Cc1ccccc1-c1nc(C)c(CNC(=O)C(C)Oc2ccc(Cl)cc2Cl)s1. The molecule has 1 amide bonds. The summed E-state index contributed by atoms with van der Waals surface area (Å²) in [5.74, 6) is 0.195. The first kappa shape index (κ1) is 20.6. The largest absolute Gasteiger partial charge is 0.479 e. The molecule has 0 aliphatic carbocycles. The van der Waals surface area contributed by atoms with Gasteiger partial charge in [-0.2, -0.15) is 0 Å². The number of halogens is 2. The molecule has 1 atom stereocenters. The van der Waals surface area contributed by atoms with Crippen molar-refractivity contribution in [3.8, 4) is 16.3 Å². The van der Waals surface area contributed by atoms with Crippen molar-refractivity contribution in [2.24, 2.45) is 0 Å². The second-order valence-electron chi connectivity index (χ2n) is 6.40. The molecule has 1 unspecified atom stereocenters. The van der Waals surface area contributed by atoms with Crippen LogP contribution in [0.4, 0.5) is 0 Å². The number of ether oxygens (including phenoxy) is 1. The van der Waals surface area contributed by atoms with Crippen LogP contribution in [0.25, 0.3) is 10.6 Å². The Morgan fingerprint density at radius 1 is 1.21 bits per heavy atom. The summed E-state index contributed by atoms with van der Waals surface area (Å²) in [5, 5.41) is 4.75. The minimum Gasteiger partial charge on any atom is -0.479 e. The van der Waals surface area contributed by atoms with Crippen molar-refractivity contribution in [1.29, 1.82) is 0 Å². The highest BCUT2D eigenvalue weighted by Gasteiger charge is 2.18. The number of nitrogens with zero attached hydrogens (tertiary/aromatic N) is 1. The molecular formula is C21H20Cl2N2O2S. The molecule has 3 rings (SSSR count). The van der Waals surface area contributed by atoms with Gasteiger partial charge in [0.25, 0.3) is 5.91 Å². The van der Waals surface area contributed by atoms with Crippen LogP contribution in [0.1, 0.15) is 23.1 Å². The third kappa shape index (κ3) is 4.85. The maximum atomic E-state index is 12.4. The van der Waals surface area contributed by atoms with E-state index < -0.39 is 6.10 Å². The van der Waals surface area contributed by atoms with Crippen LogP contribution in [-0.2, 0) is 11.3 Å². The van der Waals surface area contributed by atoms with E-state index in [2.05, 4.69) is 29.4 Å². The molecule has 0 aliphatic rings. The summed E-state index contributed by atoms with van der Waals surface area (Å²) in [7, 11) is 0. The number of hydrogen-bond acceptors (Lipinski definition) is 4. The van der Waals surface area contributed by atoms with Crippen LogP contribution in [-0.4, -0.2) is 17.0 Å². The molecule has 1 aromatic heterocycles. The maximum absolute atomic E-state index is 12.4. The van der Waals surface area contributed by atoms with Crippen molar-refractivity contribution >= 4 is 40.4 Å². The minimum atomic E-state index is -0.692. The zero-order valence-corrected chi connectivity index (χ0v) is 18.1. The number of rotatable bonds is 6. The fourth-order valence-corrected chi connectivity index (χ4v) is 4.19. The number of benzene rings is 2. The zero-order valence-electron chi connectivity index (χ0n) is 15.8. The Kier molecular flexibility index (Phi) is 6.60. The van der Waals surface area contributed by atoms with Crippen LogP contribution in [0.2, 0.25) is 10.0 Å². The standard InChI is InChI=1S/C21H20Cl2N2O2S/c1-12-6-4-5-7-16(12)21-25-13(2)19(28-21)11-24-20(26)14(3)27-18-9-8-15(22)10-17(18)23/h4-10,14H,11H2,1-3H3,(H,24,26). The van der Waals surface area contributed by atoms with Gasteiger partial charge in [0.15, 0.2) is 6.10 Å². The Bertz CT molecular complexity index is 1000. The lowest BCUT2D eigenvalue weighted by Crippen LogP contribution is -2.35. The van der Waals surface area contributed by atoms with Gasteiger partial charge < -0.3 is 10.1 Å². The number of amides is 1. The van der Waals surface area contributed by atoms with Crippen molar-refractivity contribution in [3.05, 3.63) is 68.6 Å². The molecule has 3 aromatic rings. The van der Waals surface area contributed by atoms with Crippen LogP contribution < -0.4 is 10.1 Å². The first-order chi connectivity index (χ1) is 13.3. The van der Waals surface area contributed by atoms with E-state index in [1.54, 1.807) is 36.5 Å². The van der Waals surface area contributed by atoms with E-state index in [0.717, 1.165) is 21.1 Å². The molecule has 7 heteroatoms. The van der Waals surface area contributed by atoms with Gasteiger partial charge in [-0.1, -0.05) is 47.5 Å². The van der Waals surface area contributed by atoms with E-state index in [1.165, 1.54) is 5.56 Å². The highest BCUT2D eigenvalue weighted by Crippen LogP contribution is 2.30. The molecule has 4 nitrogen and oxygen atoms in total. The predicted molar refractivity (Wildman–Crippen MR) is 115 cm³/mol. The van der Waals surface area contributed by atoms with E-state index in [9.17, 15) is 4.79 Å². The fourth-order valence-electron chi connectivity index (χ4n) is 2.65. The molecule has 0 radical (unpaired) electrons. The molecule has 0 saturated heterocycles. The van der Waals surface area contributed by atoms with Gasteiger partial charge in [-0.3, -0.25) is 4.79 Å². The molecule has 2 aromatic carbocycles. The van der Waals surface area contributed by atoms with Crippen LogP contribution in [0.5, 0.6) is 5.75 Å². The topological polar surface area (TPSA) is 51.2 Å². The van der Waals surface area contributed by atoms with E-state index in [4.69, 9.17) is 27.9 Å². The first-order valence-electron chi connectivity index (χ1n) is 8.77. The average molecular weight is 435 g/mol. The Labute approximate surface area is 178 Å². The molecule has 0 bridgehead atoms. The van der Waals surface area contributed by atoms with Crippen LogP contribution >= 0.6 is 34.5 Å². The third-order valence-corrected chi connectivity index (χ3v) is 5.98. The number of nitrogens with one attached hydrogen (secondary N) is 1. The van der Waals surface area contributed by atoms with E-state index in [-0.39, 0.29) is 5.91 Å². The fraction of sp³-hybridized carbons (Fsp3) is 0.238. The number of hydrogen-bond donors (Lipinski definition) is 1. The van der Waals surface area contributed by atoms with Crippen molar-refractivity contribution < 1.29 is 9.53 Å². The Morgan fingerprint density at radius 3 is 2.68 bits per heavy atom. The Balaban J connectivity index is 1.63. The van der Waals surface area contributed by atoms with Crippen LogP contribution in [0.15, 0.2) is 42.5 Å². The summed E-state index contributed by atoms with van der Waals surface area (Å²) in [6, 6.07) is 13.0. The predicted octanol–water partition coefficient (Wildman–Crippen LogP) is 5.82. The molecule has 0 spiro atoms. The molecule has 146 valence electrons. The number of aromatic nitrogens is 1. The van der Waals surface area contributed by atoms with E-state index >= 15 is 0 Å². The monoisotopic (exact) mass is 434 g/mol. The van der Waals surface area contributed by atoms with Gasteiger partial charge in [0.05, 0.1) is 17.3 Å². The Morgan fingerprint density at radius 2 is 1.96 bits per heavy atom. The molecule has 1 heterocycles. The smallest absolute Gasteiger partial charge is 0.261 e. The second-order valence-corrected chi connectivity index (χ2v) is 8.32. The van der Waals surface area contributed by atoms with Crippen molar-refractivity contribution in [2.45, 2.75) is 33.4 Å². The molecule has 0 aliphatic heterocycles. The molecule has 28 heavy (non-hydrogen) atoms.